The molecular weight excluding hydrogens is 691 g/mol. The number of aliphatic hydroxyl groups excluding tert-OH is 1. The lowest BCUT2D eigenvalue weighted by atomic mass is 9.82. The van der Waals surface area contributed by atoms with Gasteiger partial charge >= 0.3 is 0 Å². The summed E-state index contributed by atoms with van der Waals surface area (Å²) >= 11 is 16.5. The van der Waals surface area contributed by atoms with E-state index in [1.807, 2.05) is 24.3 Å². The van der Waals surface area contributed by atoms with Gasteiger partial charge in [0.05, 0.1) is 6.61 Å². The van der Waals surface area contributed by atoms with Crippen molar-refractivity contribution in [3.63, 3.8) is 0 Å². The van der Waals surface area contributed by atoms with Crippen LogP contribution in [-0.4, -0.2) is 35.7 Å². The largest absolute Gasteiger partial charge is 0.494 e. The van der Waals surface area contributed by atoms with Gasteiger partial charge < -0.3 is 14.6 Å². The molecule has 0 unspecified atom stereocenters. The molecule has 0 radical (unpaired) electrons. The van der Waals surface area contributed by atoms with Crippen LogP contribution >= 0.6 is 39.1 Å². The van der Waals surface area contributed by atoms with Crippen LogP contribution in [0.2, 0.25) is 10.0 Å². The Bertz CT molecular complexity index is 1690. The number of amides is 1. The third kappa shape index (κ3) is 7.82. The van der Waals surface area contributed by atoms with Crippen molar-refractivity contribution < 1.29 is 28.2 Å². The van der Waals surface area contributed by atoms with Gasteiger partial charge in [-0.1, -0.05) is 63.4 Å². The molecule has 12 heteroatoms. The zero-order chi connectivity index (χ0) is 32.0. The molecule has 234 valence electrons. The minimum absolute atomic E-state index is 0.0209. The molecular formula is C33H28BrCl2F2N3O4. The van der Waals surface area contributed by atoms with Crippen molar-refractivity contribution in [3.8, 4) is 5.75 Å². The number of halogens is 5. The van der Waals surface area contributed by atoms with Crippen LogP contribution in [-0.2, 0) is 22.5 Å². The normalized spacial score (nSPS) is 17.5. The first-order valence-electron chi connectivity index (χ1n) is 14.0. The molecule has 0 aromatic heterocycles. The number of rotatable bonds is 12. The van der Waals surface area contributed by atoms with Gasteiger partial charge in [-0.25, -0.2) is 19.2 Å². The van der Waals surface area contributed by atoms with Gasteiger partial charge in [0.15, 0.2) is 11.6 Å². The summed E-state index contributed by atoms with van der Waals surface area (Å²) in [6.45, 7) is 0.315. The standard InChI is InChI=1S/C33H28BrCl2F2N3O4/c34-28-5-2-1-4-22(28)18-33(32(43)41-39-19-20-14-24(37)17-25(38)15-20)30(27-11-8-23(35)16-29(27)36)45-31(40-33)21-6-9-26(10-7-21)44-13-3-12-42/h1-2,4-11,14-17,30,39,42H,3,12-13,18-19H2,(H,41,43)/t30-,33-/m0/s1. The van der Waals surface area contributed by atoms with E-state index < -0.39 is 29.2 Å². The predicted octanol–water partition coefficient (Wildman–Crippen LogP) is 7.12. The van der Waals surface area contributed by atoms with Crippen LogP contribution in [0.15, 0.2) is 94.4 Å². The van der Waals surface area contributed by atoms with Gasteiger partial charge in [0.2, 0.25) is 5.90 Å². The second-order valence-corrected chi connectivity index (χ2v) is 12.0. The quantitative estimate of drug-likeness (QED) is 0.107. The average molecular weight is 719 g/mol. The minimum Gasteiger partial charge on any atom is -0.494 e. The highest BCUT2D eigenvalue weighted by atomic mass is 79.9. The number of aliphatic imine (C=N–C) groups is 1. The lowest BCUT2D eigenvalue weighted by Crippen LogP contribution is -2.53. The zero-order valence-corrected chi connectivity index (χ0v) is 26.8. The predicted molar refractivity (Wildman–Crippen MR) is 172 cm³/mol. The Morgan fingerprint density at radius 1 is 1.02 bits per heavy atom. The highest BCUT2D eigenvalue weighted by molar-refractivity contribution is 9.10. The van der Waals surface area contributed by atoms with Crippen molar-refractivity contribution in [2.24, 2.45) is 4.99 Å². The Kier molecular flexibility index (Phi) is 10.7. The number of carbonyl (C=O) groups excluding carboxylic acids is 1. The Labute approximate surface area is 277 Å². The third-order valence-electron chi connectivity index (χ3n) is 7.11. The van der Waals surface area contributed by atoms with E-state index in [1.165, 1.54) is 12.1 Å². The molecule has 2 atom stereocenters. The van der Waals surface area contributed by atoms with Gasteiger partial charge in [0, 0.05) is 57.7 Å². The fourth-order valence-corrected chi connectivity index (χ4v) is 5.89. The minimum atomic E-state index is -1.60. The van der Waals surface area contributed by atoms with Gasteiger partial charge in [0.25, 0.3) is 5.91 Å². The van der Waals surface area contributed by atoms with Crippen molar-refractivity contribution in [2.45, 2.75) is 31.0 Å². The summed E-state index contributed by atoms with van der Waals surface area (Å²) in [5, 5.41) is 9.73. The van der Waals surface area contributed by atoms with Crippen molar-refractivity contribution in [1.82, 2.24) is 10.9 Å². The first kappa shape index (κ1) is 32.8. The number of nitrogens with one attached hydrogen (secondary N) is 2. The van der Waals surface area contributed by atoms with Crippen LogP contribution in [0.1, 0.15) is 34.8 Å². The summed E-state index contributed by atoms with van der Waals surface area (Å²) in [6.07, 6.45) is -0.416. The van der Waals surface area contributed by atoms with E-state index in [0.717, 1.165) is 16.1 Å². The number of benzene rings is 4. The molecule has 45 heavy (non-hydrogen) atoms. The molecule has 0 saturated carbocycles. The molecule has 1 aliphatic heterocycles. The van der Waals surface area contributed by atoms with Gasteiger partial charge in [-0.15, -0.1) is 0 Å². The number of aliphatic hydroxyl groups is 1. The van der Waals surface area contributed by atoms with E-state index in [4.69, 9.17) is 42.8 Å². The molecule has 1 amide bonds. The molecule has 0 fully saturated rings. The van der Waals surface area contributed by atoms with Crippen LogP contribution in [0, 0.1) is 11.6 Å². The van der Waals surface area contributed by atoms with E-state index in [9.17, 15) is 13.6 Å². The summed E-state index contributed by atoms with van der Waals surface area (Å²) in [5.74, 6) is -1.24. The Hall–Kier alpha value is -3.54. The fraction of sp³-hybridized carbons (Fsp3) is 0.212. The van der Waals surface area contributed by atoms with Crippen LogP contribution in [0.5, 0.6) is 5.75 Å². The van der Waals surface area contributed by atoms with Crippen molar-refractivity contribution >= 4 is 50.9 Å². The lowest BCUT2D eigenvalue weighted by Gasteiger charge is -2.31. The van der Waals surface area contributed by atoms with Gasteiger partial charge in [-0.2, -0.15) is 0 Å². The van der Waals surface area contributed by atoms with Crippen molar-refractivity contribution in [2.75, 3.05) is 13.2 Å². The third-order valence-corrected chi connectivity index (χ3v) is 8.45. The molecule has 0 bridgehead atoms. The van der Waals surface area contributed by atoms with E-state index >= 15 is 0 Å². The van der Waals surface area contributed by atoms with E-state index in [0.29, 0.717) is 34.9 Å². The first-order chi connectivity index (χ1) is 21.7. The number of nitrogens with zero attached hydrogens (tertiary/aromatic N) is 1. The topological polar surface area (TPSA) is 92.2 Å². The molecule has 3 N–H and O–H groups in total. The zero-order valence-electron chi connectivity index (χ0n) is 23.7. The summed E-state index contributed by atoms with van der Waals surface area (Å²) in [5.41, 5.74) is 6.00. The maximum absolute atomic E-state index is 14.3. The summed E-state index contributed by atoms with van der Waals surface area (Å²) in [4.78, 5) is 19.3. The second-order valence-electron chi connectivity index (χ2n) is 10.3. The SMILES string of the molecule is O=C(NNCc1cc(F)cc(F)c1)[C@@]1(Cc2ccccc2Br)N=C(c2ccc(OCCCO)cc2)O[C@H]1c1ccc(Cl)cc1Cl. The highest BCUT2D eigenvalue weighted by Gasteiger charge is 2.54. The Morgan fingerprint density at radius 3 is 2.44 bits per heavy atom. The molecule has 4 aromatic carbocycles. The number of hydrogen-bond acceptors (Lipinski definition) is 6. The lowest BCUT2D eigenvalue weighted by molar-refractivity contribution is -0.130. The van der Waals surface area contributed by atoms with Gasteiger partial charge in [-0.05, 0) is 65.7 Å². The highest BCUT2D eigenvalue weighted by Crippen LogP contribution is 2.45. The molecule has 7 nitrogen and oxygen atoms in total. The van der Waals surface area contributed by atoms with E-state index in [-0.39, 0.29) is 36.1 Å². The Balaban J connectivity index is 1.55. The Morgan fingerprint density at radius 2 is 1.76 bits per heavy atom. The van der Waals surface area contributed by atoms with Crippen molar-refractivity contribution in [1.29, 1.82) is 0 Å². The van der Waals surface area contributed by atoms with Crippen LogP contribution < -0.4 is 15.6 Å². The molecule has 4 aromatic rings. The summed E-state index contributed by atoms with van der Waals surface area (Å²) in [6, 6.07) is 22.5. The summed E-state index contributed by atoms with van der Waals surface area (Å²) in [7, 11) is 0. The maximum atomic E-state index is 14.3. The number of hydrazine groups is 1. The van der Waals surface area contributed by atoms with Crippen LogP contribution in [0.25, 0.3) is 0 Å². The number of hydrogen-bond donors (Lipinski definition) is 3. The fourth-order valence-electron chi connectivity index (χ4n) is 4.95. The second kappa shape index (κ2) is 14.7. The maximum Gasteiger partial charge on any atom is 0.266 e. The van der Waals surface area contributed by atoms with Crippen LogP contribution in [0.4, 0.5) is 8.78 Å². The molecule has 0 aliphatic carbocycles. The van der Waals surface area contributed by atoms with E-state index in [1.54, 1.807) is 42.5 Å². The van der Waals surface area contributed by atoms with Crippen molar-refractivity contribution in [3.05, 3.63) is 133 Å². The number of carbonyl (C=O) groups is 1. The molecule has 0 saturated heterocycles. The van der Waals surface area contributed by atoms with Gasteiger partial charge in [0.1, 0.15) is 17.4 Å². The smallest absolute Gasteiger partial charge is 0.266 e. The average Bonchev–Trinajstić information content (AvgIpc) is 3.38. The monoisotopic (exact) mass is 717 g/mol. The molecule has 1 aliphatic rings. The number of ether oxygens (including phenoxy) is 2. The first-order valence-corrected chi connectivity index (χ1v) is 15.5. The van der Waals surface area contributed by atoms with E-state index in [2.05, 4.69) is 26.8 Å². The van der Waals surface area contributed by atoms with Gasteiger partial charge in [-0.3, -0.25) is 10.2 Å². The summed E-state index contributed by atoms with van der Waals surface area (Å²) < 4.78 is 40.5. The molecule has 1 heterocycles. The van der Waals surface area contributed by atoms with Crippen LogP contribution in [0.3, 0.4) is 0 Å². The molecule has 5 rings (SSSR count). The molecule has 0 spiro atoms.